The van der Waals surface area contributed by atoms with Gasteiger partial charge in [0.1, 0.15) is 5.82 Å². The second kappa shape index (κ2) is 3.96. The van der Waals surface area contributed by atoms with Crippen molar-refractivity contribution in [2.75, 3.05) is 6.61 Å². The summed E-state index contributed by atoms with van der Waals surface area (Å²) in [6.45, 7) is 3.96. The molecule has 1 heterocycles. The molecule has 4 heteroatoms. The van der Waals surface area contributed by atoms with Gasteiger partial charge in [-0.15, -0.1) is 0 Å². The number of aryl methyl sites for hydroxylation is 1. The second-order valence-corrected chi connectivity index (χ2v) is 3.72. The lowest BCUT2D eigenvalue weighted by Gasteiger charge is -2.04. The highest BCUT2D eigenvalue weighted by atomic mass is 16.5. The van der Waals surface area contributed by atoms with Crippen LogP contribution in [0.5, 0.6) is 0 Å². The maximum Gasteiger partial charge on any atom is 0.357 e. The van der Waals surface area contributed by atoms with E-state index >= 15 is 0 Å². The van der Waals surface area contributed by atoms with Crippen molar-refractivity contribution in [3.8, 4) is 0 Å². The third kappa shape index (κ3) is 2.32. The molecule has 1 saturated carbocycles. The Morgan fingerprint density at radius 1 is 1.53 bits per heavy atom. The molecule has 1 aliphatic carbocycles. The molecule has 80 valence electrons. The highest BCUT2D eigenvalue weighted by Gasteiger charge is 2.26. The Morgan fingerprint density at radius 2 is 2.27 bits per heavy atom. The van der Waals surface area contributed by atoms with E-state index < -0.39 is 0 Å². The summed E-state index contributed by atoms with van der Waals surface area (Å²) in [5.41, 5.74) is 1.36. The molecule has 0 atom stereocenters. The van der Waals surface area contributed by atoms with Crippen LogP contribution in [0.2, 0.25) is 0 Å². The molecule has 0 amide bonds. The van der Waals surface area contributed by atoms with Crippen molar-refractivity contribution in [3.05, 3.63) is 23.3 Å². The monoisotopic (exact) mass is 206 g/mol. The van der Waals surface area contributed by atoms with Crippen LogP contribution in [0.4, 0.5) is 0 Å². The van der Waals surface area contributed by atoms with Crippen LogP contribution in [0.15, 0.2) is 6.07 Å². The first-order valence-electron chi connectivity index (χ1n) is 5.23. The Balaban J connectivity index is 2.26. The molecule has 4 nitrogen and oxygen atoms in total. The molecule has 0 aromatic carbocycles. The fraction of sp³-hybridized carbons (Fsp3) is 0.545. The summed E-state index contributed by atoms with van der Waals surface area (Å²) in [5, 5.41) is 0. The molecule has 1 aliphatic rings. The zero-order valence-corrected chi connectivity index (χ0v) is 8.99. The van der Waals surface area contributed by atoms with Crippen LogP contribution in [-0.2, 0) is 4.74 Å². The summed E-state index contributed by atoms with van der Waals surface area (Å²) in [5.74, 6) is 0.812. The lowest BCUT2D eigenvalue weighted by molar-refractivity contribution is 0.0518. The first-order valence-corrected chi connectivity index (χ1v) is 5.23. The average Bonchev–Trinajstić information content (AvgIpc) is 3.00. The third-order valence-corrected chi connectivity index (χ3v) is 2.34. The van der Waals surface area contributed by atoms with Crippen molar-refractivity contribution in [2.24, 2.45) is 0 Å². The highest BCUT2D eigenvalue weighted by Crippen LogP contribution is 2.39. The predicted molar refractivity (Wildman–Crippen MR) is 54.7 cm³/mol. The largest absolute Gasteiger partial charge is 0.461 e. The first-order chi connectivity index (χ1) is 7.20. The van der Waals surface area contributed by atoms with Gasteiger partial charge < -0.3 is 4.74 Å². The van der Waals surface area contributed by atoms with Crippen molar-refractivity contribution in [3.63, 3.8) is 0 Å². The normalized spacial score (nSPS) is 15.1. The predicted octanol–water partition coefficient (Wildman–Crippen LogP) is 1.84. The van der Waals surface area contributed by atoms with Crippen molar-refractivity contribution in [1.29, 1.82) is 0 Å². The van der Waals surface area contributed by atoms with Crippen molar-refractivity contribution in [1.82, 2.24) is 9.97 Å². The SMILES string of the molecule is CCOC(=O)c1cc(C2CC2)nc(C)n1. The van der Waals surface area contributed by atoms with E-state index in [0.29, 0.717) is 24.0 Å². The van der Waals surface area contributed by atoms with Crippen LogP contribution in [0.3, 0.4) is 0 Å². The molecule has 0 unspecified atom stereocenters. The van der Waals surface area contributed by atoms with Gasteiger partial charge in [0.15, 0.2) is 5.69 Å². The number of rotatable bonds is 3. The molecule has 0 bridgehead atoms. The van der Waals surface area contributed by atoms with Gasteiger partial charge >= 0.3 is 5.97 Å². The minimum atomic E-state index is -0.357. The number of carbonyl (C=O) groups excluding carboxylic acids is 1. The number of esters is 1. The molecule has 1 aromatic rings. The van der Waals surface area contributed by atoms with E-state index in [4.69, 9.17) is 4.74 Å². The Labute approximate surface area is 88.7 Å². The number of carbonyl (C=O) groups is 1. The summed E-state index contributed by atoms with van der Waals surface area (Å²) in [7, 11) is 0. The van der Waals surface area contributed by atoms with Gasteiger partial charge in [-0.3, -0.25) is 0 Å². The standard InChI is InChI=1S/C11H14N2O2/c1-3-15-11(14)10-6-9(8-4-5-8)12-7(2)13-10/h6,8H,3-5H2,1-2H3. The molecule has 0 radical (unpaired) electrons. The molecule has 0 N–H and O–H groups in total. The number of nitrogens with zero attached hydrogens (tertiary/aromatic N) is 2. The molecule has 0 saturated heterocycles. The number of hydrogen-bond donors (Lipinski definition) is 0. The minimum Gasteiger partial charge on any atom is -0.461 e. The van der Waals surface area contributed by atoms with Gasteiger partial charge in [-0.25, -0.2) is 14.8 Å². The molecule has 2 rings (SSSR count). The van der Waals surface area contributed by atoms with Crippen molar-refractivity contribution >= 4 is 5.97 Å². The van der Waals surface area contributed by atoms with E-state index in [1.807, 2.05) is 0 Å². The number of hydrogen-bond acceptors (Lipinski definition) is 4. The summed E-state index contributed by atoms with van der Waals surface area (Å²) in [6.07, 6.45) is 2.33. The van der Waals surface area contributed by atoms with E-state index in [2.05, 4.69) is 9.97 Å². The Morgan fingerprint density at radius 3 is 2.87 bits per heavy atom. The maximum absolute atomic E-state index is 11.5. The molecular formula is C11H14N2O2. The third-order valence-electron chi connectivity index (χ3n) is 2.34. The van der Waals surface area contributed by atoms with E-state index in [9.17, 15) is 4.79 Å². The lowest BCUT2D eigenvalue weighted by atomic mass is 10.2. The molecule has 15 heavy (non-hydrogen) atoms. The fourth-order valence-electron chi connectivity index (χ4n) is 1.49. The van der Waals surface area contributed by atoms with Crippen LogP contribution < -0.4 is 0 Å². The summed E-state index contributed by atoms with van der Waals surface area (Å²) in [6, 6.07) is 1.75. The molecule has 1 fully saturated rings. The van der Waals surface area contributed by atoms with Gasteiger partial charge in [-0.1, -0.05) is 0 Å². The molecule has 0 spiro atoms. The fourth-order valence-corrected chi connectivity index (χ4v) is 1.49. The summed E-state index contributed by atoms with van der Waals surface area (Å²) >= 11 is 0. The zero-order chi connectivity index (χ0) is 10.8. The zero-order valence-electron chi connectivity index (χ0n) is 8.99. The molecule has 1 aromatic heterocycles. The van der Waals surface area contributed by atoms with Gasteiger partial charge in [0.2, 0.25) is 0 Å². The molecule has 0 aliphatic heterocycles. The van der Waals surface area contributed by atoms with Gasteiger partial charge in [0.05, 0.1) is 6.61 Å². The van der Waals surface area contributed by atoms with E-state index in [1.165, 1.54) is 12.8 Å². The van der Waals surface area contributed by atoms with E-state index in [0.717, 1.165) is 5.69 Å². The Bertz CT molecular complexity index is 386. The van der Waals surface area contributed by atoms with Crippen LogP contribution in [0, 0.1) is 6.92 Å². The van der Waals surface area contributed by atoms with Gasteiger partial charge in [-0.05, 0) is 32.8 Å². The highest BCUT2D eigenvalue weighted by molar-refractivity contribution is 5.87. The Kier molecular flexibility index (Phi) is 2.66. The van der Waals surface area contributed by atoms with Gasteiger partial charge in [0, 0.05) is 11.6 Å². The van der Waals surface area contributed by atoms with Crippen molar-refractivity contribution < 1.29 is 9.53 Å². The maximum atomic E-state index is 11.5. The Hall–Kier alpha value is -1.45. The van der Waals surface area contributed by atoms with E-state index in [-0.39, 0.29) is 5.97 Å². The van der Waals surface area contributed by atoms with Crippen LogP contribution in [0.25, 0.3) is 0 Å². The van der Waals surface area contributed by atoms with Gasteiger partial charge in [0.25, 0.3) is 0 Å². The number of ether oxygens (including phenoxy) is 1. The number of aromatic nitrogens is 2. The van der Waals surface area contributed by atoms with E-state index in [1.54, 1.807) is 19.9 Å². The summed E-state index contributed by atoms with van der Waals surface area (Å²) in [4.78, 5) is 19.9. The summed E-state index contributed by atoms with van der Waals surface area (Å²) < 4.78 is 4.91. The van der Waals surface area contributed by atoms with Crippen LogP contribution in [0.1, 0.15) is 47.7 Å². The van der Waals surface area contributed by atoms with Crippen molar-refractivity contribution in [2.45, 2.75) is 32.6 Å². The molecular weight excluding hydrogens is 192 g/mol. The topological polar surface area (TPSA) is 52.1 Å². The van der Waals surface area contributed by atoms with Crippen LogP contribution >= 0.6 is 0 Å². The minimum absolute atomic E-state index is 0.357. The second-order valence-electron chi connectivity index (χ2n) is 3.72. The average molecular weight is 206 g/mol. The van der Waals surface area contributed by atoms with Crippen LogP contribution in [-0.4, -0.2) is 22.5 Å². The smallest absolute Gasteiger partial charge is 0.357 e. The first kappa shape index (κ1) is 10.1. The quantitative estimate of drug-likeness (QED) is 0.708. The van der Waals surface area contributed by atoms with Gasteiger partial charge in [-0.2, -0.15) is 0 Å². The lowest BCUT2D eigenvalue weighted by Crippen LogP contribution is -2.10.